The number of alkyl halides is 3. The Kier molecular flexibility index (Phi) is 4.19. The van der Waals surface area contributed by atoms with Crippen LogP contribution >= 0.6 is 0 Å². The van der Waals surface area contributed by atoms with Crippen LogP contribution in [0.5, 0.6) is 5.75 Å². The second-order valence-electron chi connectivity index (χ2n) is 5.61. The number of amides is 1. The second-order valence-corrected chi connectivity index (χ2v) is 5.61. The van der Waals surface area contributed by atoms with Crippen LogP contribution in [-0.4, -0.2) is 15.6 Å². The molecule has 8 heteroatoms. The van der Waals surface area contributed by atoms with Crippen molar-refractivity contribution in [2.45, 2.75) is 6.18 Å². The average molecular weight is 362 g/mol. The van der Waals surface area contributed by atoms with Crippen molar-refractivity contribution in [3.63, 3.8) is 0 Å². The quantitative estimate of drug-likeness (QED) is 0.733. The number of hydrogen-bond acceptors (Lipinski definition) is 3. The smallest absolute Gasteiger partial charge is 0.417 e. The van der Waals surface area contributed by atoms with Crippen molar-refractivity contribution in [3.8, 4) is 5.75 Å². The van der Waals surface area contributed by atoms with Crippen molar-refractivity contribution in [3.05, 3.63) is 70.0 Å². The van der Waals surface area contributed by atoms with E-state index < -0.39 is 39.9 Å². The highest BCUT2D eigenvalue weighted by Crippen LogP contribution is 2.39. The van der Waals surface area contributed by atoms with Crippen molar-refractivity contribution in [1.29, 1.82) is 0 Å². The van der Waals surface area contributed by atoms with Crippen LogP contribution in [0.4, 0.5) is 18.9 Å². The van der Waals surface area contributed by atoms with Gasteiger partial charge in [0.1, 0.15) is 11.3 Å². The maximum atomic E-state index is 13.3. The third kappa shape index (κ3) is 2.90. The van der Waals surface area contributed by atoms with E-state index in [1.807, 2.05) is 0 Å². The molecule has 0 bridgehead atoms. The lowest BCUT2D eigenvalue weighted by molar-refractivity contribution is -0.136. The van der Waals surface area contributed by atoms with Gasteiger partial charge in [-0.25, -0.2) is 0 Å². The van der Waals surface area contributed by atoms with Crippen LogP contribution in [0.15, 0.2) is 53.3 Å². The molecule has 2 N–H and O–H groups in total. The first-order valence-electron chi connectivity index (χ1n) is 7.50. The summed E-state index contributed by atoms with van der Waals surface area (Å²) in [6.45, 7) is 0. The van der Waals surface area contributed by atoms with E-state index >= 15 is 0 Å². The Hall–Kier alpha value is -3.29. The molecule has 0 fully saturated rings. The minimum atomic E-state index is -4.76. The van der Waals surface area contributed by atoms with Gasteiger partial charge in [0.15, 0.2) is 0 Å². The highest BCUT2D eigenvalue weighted by molar-refractivity contribution is 6.09. The van der Waals surface area contributed by atoms with Crippen LogP contribution in [-0.2, 0) is 13.2 Å². The number of fused-ring (bicyclic) bond motifs is 1. The number of carbonyl (C=O) groups excluding carboxylic acids is 1. The van der Waals surface area contributed by atoms with Crippen LogP contribution in [0, 0.1) is 0 Å². The topological polar surface area (TPSA) is 71.3 Å². The van der Waals surface area contributed by atoms with Gasteiger partial charge >= 0.3 is 6.18 Å². The molecule has 5 nitrogen and oxygen atoms in total. The van der Waals surface area contributed by atoms with E-state index in [9.17, 15) is 27.9 Å². The predicted molar refractivity (Wildman–Crippen MR) is 90.3 cm³/mol. The van der Waals surface area contributed by atoms with E-state index in [4.69, 9.17) is 0 Å². The zero-order chi connectivity index (χ0) is 19.1. The van der Waals surface area contributed by atoms with Crippen molar-refractivity contribution in [1.82, 2.24) is 4.57 Å². The minimum Gasteiger partial charge on any atom is -0.506 e. The summed E-state index contributed by atoms with van der Waals surface area (Å²) in [4.78, 5) is 24.9. The van der Waals surface area contributed by atoms with Gasteiger partial charge < -0.3 is 15.0 Å². The number of hydrogen-bond donors (Lipinski definition) is 2. The molecule has 1 amide bonds. The summed E-state index contributed by atoms with van der Waals surface area (Å²) in [7, 11) is 1.24. The Balaban J connectivity index is 2.27. The van der Waals surface area contributed by atoms with Crippen LogP contribution in [0.2, 0.25) is 0 Å². The Morgan fingerprint density at radius 2 is 1.73 bits per heavy atom. The molecule has 0 saturated heterocycles. The molecule has 134 valence electrons. The third-order valence-corrected chi connectivity index (χ3v) is 3.96. The van der Waals surface area contributed by atoms with E-state index in [-0.39, 0.29) is 5.52 Å². The zero-order valence-electron chi connectivity index (χ0n) is 13.5. The largest absolute Gasteiger partial charge is 0.506 e. The SMILES string of the molecule is Cn1c(=O)c(C(=O)Nc2ccccc2)c(O)c2c(C(F)(F)F)cccc21. The first kappa shape index (κ1) is 17.5. The molecule has 0 aliphatic carbocycles. The summed E-state index contributed by atoms with van der Waals surface area (Å²) in [6, 6.07) is 11.2. The summed E-state index contributed by atoms with van der Waals surface area (Å²) in [5.74, 6) is -1.99. The number of aromatic hydroxyl groups is 1. The number of carbonyl (C=O) groups is 1. The van der Waals surface area contributed by atoms with Crippen LogP contribution < -0.4 is 10.9 Å². The first-order chi connectivity index (χ1) is 12.2. The van der Waals surface area contributed by atoms with Crippen LogP contribution in [0.1, 0.15) is 15.9 Å². The van der Waals surface area contributed by atoms with Gasteiger partial charge in [0.05, 0.1) is 16.5 Å². The molecule has 3 rings (SSSR count). The Morgan fingerprint density at radius 1 is 1.08 bits per heavy atom. The lowest BCUT2D eigenvalue weighted by Crippen LogP contribution is -2.28. The third-order valence-electron chi connectivity index (χ3n) is 3.96. The molecule has 0 atom stereocenters. The van der Waals surface area contributed by atoms with Gasteiger partial charge in [0.2, 0.25) is 0 Å². The molecule has 0 spiro atoms. The van der Waals surface area contributed by atoms with E-state index in [0.29, 0.717) is 5.69 Å². The second kappa shape index (κ2) is 6.21. The van der Waals surface area contributed by atoms with Crippen LogP contribution in [0.3, 0.4) is 0 Å². The normalized spacial score (nSPS) is 11.5. The molecular formula is C18H13F3N2O3. The van der Waals surface area contributed by atoms with Gasteiger partial charge in [-0.15, -0.1) is 0 Å². The summed E-state index contributed by atoms with van der Waals surface area (Å²) in [5.41, 5.74) is -2.57. The Labute approximate surface area is 145 Å². The number of aryl methyl sites for hydroxylation is 1. The molecule has 0 aliphatic heterocycles. The van der Waals surface area contributed by atoms with Crippen molar-refractivity contribution >= 4 is 22.5 Å². The Bertz CT molecular complexity index is 1060. The van der Waals surface area contributed by atoms with Crippen molar-refractivity contribution in [2.75, 3.05) is 5.32 Å². The van der Waals surface area contributed by atoms with Gasteiger partial charge in [-0.05, 0) is 24.3 Å². The fourth-order valence-electron chi connectivity index (χ4n) is 2.73. The average Bonchev–Trinajstić information content (AvgIpc) is 2.59. The highest BCUT2D eigenvalue weighted by atomic mass is 19.4. The molecule has 2 aromatic carbocycles. The number of anilines is 1. The highest BCUT2D eigenvalue weighted by Gasteiger charge is 2.35. The number of benzene rings is 2. The Morgan fingerprint density at radius 3 is 2.35 bits per heavy atom. The van der Waals surface area contributed by atoms with Crippen LogP contribution in [0.25, 0.3) is 10.9 Å². The first-order valence-corrected chi connectivity index (χ1v) is 7.50. The molecule has 0 radical (unpaired) electrons. The summed E-state index contributed by atoms with van der Waals surface area (Å²) < 4.78 is 40.8. The minimum absolute atomic E-state index is 0.126. The van der Waals surface area contributed by atoms with Gasteiger partial charge in [0.25, 0.3) is 11.5 Å². The number of rotatable bonds is 2. The number of nitrogens with zero attached hydrogens (tertiary/aromatic N) is 1. The van der Waals surface area contributed by atoms with E-state index in [2.05, 4.69) is 5.32 Å². The molecule has 1 heterocycles. The number of pyridine rings is 1. The number of nitrogens with one attached hydrogen (secondary N) is 1. The van der Waals surface area contributed by atoms with Gasteiger partial charge in [-0.2, -0.15) is 13.2 Å². The van der Waals surface area contributed by atoms with Gasteiger partial charge in [-0.1, -0.05) is 24.3 Å². The van der Waals surface area contributed by atoms with Gasteiger partial charge in [-0.3, -0.25) is 9.59 Å². The lowest BCUT2D eigenvalue weighted by Gasteiger charge is -2.16. The van der Waals surface area contributed by atoms with E-state index in [0.717, 1.165) is 16.7 Å². The molecule has 0 saturated carbocycles. The fourth-order valence-corrected chi connectivity index (χ4v) is 2.73. The standard InChI is InChI=1S/C18H13F3N2O3/c1-23-12-9-5-8-11(18(19,20)21)13(12)15(24)14(17(23)26)16(25)22-10-6-3-2-4-7-10/h2-9,24H,1H3,(H,22,25). The summed E-state index contributed by atoms with van der Waals surface area (Å²) in [5, 5.41) is 12.2. The zero-order valence-corrected chi connectivity index (χ0v) is 13.5. The maximum absolute atomic E-state index is 13.3. The molecular weight excluding hydrogens is 349 g/mol. The van der Waals surface area contributed by atoms with Crippen molar-refractivity contribution < 1.29 is 23.1 Å². The molecule has 3 aromatic rings. The maximum Gasteiger partial charge on any atom is 0.417 e. The number of halogens is 3. The lowest BCUT2D eigenvalue weighted by atomic mass is 10.0. The molecule has 0 unspecified atom stereocenters. The van der Waals surface area contributed by atoms with Crippen molar-refractivity contribution in [2.24, 2.45) is 7.05 Å². The van der Waals surface area contributed by atoms with E-state index in [1.54, 1.807) is 30.3 Å². The summed E-state index contributed by atoms with van der Waals surface area (Å²) >= 11 is 0. The molecule has 26 heavy (non-hydrogen) atoms. The number of para-hydroxylation sites is 1. The van der Waals surface area contributed by atoms with Gasteiger partial charge in [0, 0.05) is 12.7 Å². The van der Waals surface area contributed by atoms with E-state index in [1.165, 1.54) is 13.1 Å². The predicted octanol–water partition coefficient (Wildman–Crippen LogP) is 3.52. The molecule has 0 aliphatic rings. The summed E-state index contributed by atoms with van der Waals surface area (Å²) in [6.07, 6.45) is -4.76. The molecule has 1 aromatic heterocycles. The fraction of sp³-hybridized carbons (Fsp3) is 0.111. The monoisotopic (exact) mass is 362 g/mol. The number of aromatic nitrogens is 1.